The SMILES string of the molecule is CCCc1ccc(-c2cc(C(=O)NCc3ccccn3)c3ccccc3n2)cc1. The summed E-state index contributed by atoms with van der Waals surface area (Å²) in [7, 11) is 0. The van der Waals surface area contributed by atoms with Crippen molar-refractivity contribution in [2.45, 2.75) is 26.3 Å². The highest BCUT2D eigenvalue weighted by molar-refractivity contribution is 6.07. The Bertz CT molecular complexity index is 1120. The number of rotatable bonds is 6. The topological polar surface area (TPSA) is 54.9 Å². The van der Waals surface area contributed by atoms with Crippen LogP contribution in [0.5, 0.6) is 0 Å². The quantitative estimate of drug-likeness (QED) is 0.501. The molecule has 29 heavy (non-hydrogen) atoms. The second kappa shape index (κ2) is 8.65. The lowest BCUT2D eigenvalue weighted by Gasteiger charge is -2.11. The van der Waals surface area contributed by atoms with Crippen LogP contribution >= 0.6 is 0 Å². The Morgan fingerprint density at radius 2 is 1.76 bits per heavy atom. The number of para-hydroxylation sites is 1. The summed E-state index contributed by atoms with van der Waals surface area (Å²) in [6, 6.07) is 23.7. The molecule has 0 aliphatic rings. The molecule has 0 atom stereocenters. The molecule has 2 aromatic heterocycles. The number of pyridine rings is 2. The second-order valence-electron chi connectivity index (χ2n) is 7.02. The standard InChI is InChI=1S/C25H23N3O/c1-2-7-18-11-13-19(14-12-18)24-16-22(21-9-3-4-10-23(21)28-24)25(29)27-17-20-8-5-6-15-26-20/h3-6,8-16H,2,7,17H2,1H3,(H,27,29). The van der Waals surface area contributed by atoms with Gasteiger partial charge in [0, 0.05) is 17.1 Å². The van der Waals surface area contributed by atoms with E-state index in [0.717, 1.165) is 40.7 Å². The second-order valence-corrected chi connectivity index (χ2v) is 7.02. The zero-order chi connectivity index (χ0) is 20.1. The van der Waals surface area contributed by atoms with Gasteiger partial charge in [-0.15, -0.1) is 0 Å². The summed E-state index contributed by atoms with van der Waals surface area (Å²) in [5.74, 6) is -0.127. The summed E-state index contributed by atoms with van der Waals surface area (Å²) in [6.45, 7) is 2.56. The van der Waals surface area contributed by atoms with Crippen LogP contribution < -0.4 is 5.32 Å². The number of aromatic nitrogens is 2. The molecule has 0 aliphatic carbocycles. The van der Waals surface area contributed by atoms with Gasteiger partial charge in [0.05, 0.1) is 29.0 Å². The highest BCUT2D eigenvalue weighted by Gasteiger charge is 2.14. The maximum absolute atomic E-state index is 13.0. The number of carbonyl (C=O) groups is 1. The van der Waals surface area contributed by atoms with Crippen LogP contribution in [-0.4, -0.2) is 15.9 Å². The average molecular weight is 381 g/mol. The molecule has 2 aromatic carbocycles. The van der Waals surface area contributed by atoms with Crippen molar-refractivity contribution in [3.63, 3.8) is 0 Å². The largest absolute Gasteiger partial charge is 0.346 e. The van der Waals surface area contributed by atoms with Gasteiger partial charge in [-0.1, -0.05) is 61.9 Å². The number of fused-ring (bicyclic) bond motifs is 1. The van der Waals surface area contributed by atoms with E-state index in [1.165, 1.54) is 5.56 Å². The highest BCUT2D eigenvalue weighted by atomic mass is 16.1. The van der Waals surface area contributed by atoms with Crippen molar-refractivity contribution in [3.8, 4) is 11.3 Å². The highest BCUT2D eigenvalue weighted by Crippen LogP contribution is 2.25. The summed E-state index contributed by atoms with van der Waals surface area (Å²) in [6.07, 6.45) is 3.91. The molecule has 0 spiro atoms. The number of amides is 1. The molecule has 144 valence electrons. The summed E-state index contributed by atoms with van der Waals surface area (Å²) >= 11 is 0. The van der Waals surface area contributed by atoms with Gasteiger partial charge in [-0.3, -0.25) is 9.78 Å². The summed E-state index contributed by atoms with van der Waals surface area (Å²) in [5, 5.41) is 3.83. The van der Waals surface area contributed by atoms with Gasteiger partial charge in [0.2, 0.25) is 0 Å². The summed E-state index contributed by atoms with van der Waals surface area (Å²) in [5.41, 5.74) is 5.38. The van der Waals surface area contributed by atoms with Crippen molar-refractivity contribution < 1.29 is 4.79 Å². The van der Waals surface area contributed by atoms with Gasteiger partial charge < -0.3 is 5.32 Å². The molecule has 4 aromatic rings. The molecule has 4 nitrogen and oxygen atoms in total. The Kier molecular flexibility index (Phi) is 5.61. The van der Waals surface area contributed by atoms with E-state index in [4.69, 9.17) is 4.98 Å². The van der Waals surface area contributed by atoms with Crippen LogP contribution in [0.4, 0.5) is 0 Å². The van der Waals surface area contributed by atoms with E-state index in [1.54, 1.807) is 6.20 Å². The molecule has 0 saturated heterocycles. The first-order chi connectivity index (χ1) is 14.2. The molecule has 4 rings (SSSR count). The van der Waals surface area contributed by atoms with Crippen LogP contribution in [-0.2, 0) is 13.0 Å². The van der Waals surface area contributed by atoms with E-state index < -0.39 is 0 Å². The molecule has 4 heteroatoms. The lowest BCUT2D eigenvalue weighted by Crippen LogP contribution is -2.23. The molecular weight excluding hydrogens is 358 g/mol. The molecule has 1 N–H and O–H groups in total. The minimum absolute atomic E-state index is 0.127. The van der Waals surface area contributed by atoms with E-state index in [0.29, 0.717) is 12.1 Å². The number of hydrogen-bond donors (Lipinski definition) is 1. The van der Waals surface area contributed by atoms with Crippen molar-refractivity contribution in [1.29, 1.82) is 0 Å². The third kappa shape index (κ3) is 4.32. The molecule has 0 radical (unpaired) electrons. The third-order valence-electron chi connectivity index (χ3n) is 4.91. The number of carbonyl (C=O) groups excluding carboxylic acids is 1. The lowest BCUT2D eigenvalue weighted by molar-refractivity contribution is 0.0952. The Balaban J connectivity index is 1.68. The van der Waals surface area contributed by atoms with Gasteiger partial charge in [-0.25, -0.2) is 4.98 Å². The number of nitrogens with one attached hydrogen (secondary N) is 1. The maximum Gasteiger partial charge on any atom is 0.252 e. The van der Waals surface area contributed by atoms with Crippen molar-refractivity contribution in [3.05, 3.63) is 95.8 Å². The van der Waals surface area contributed by atoms with E-state index in [2.05, 4.69) is 41.5 Å². The fraction of sp³-hybridized carbons (Fsp3) is 0.160. The zero-order valence-electron chi connectivity index (χ0n) is 16.4. The summed E-state index contributed by atoms with van der Waals surface area (Å²) < 4.78 is 0. The minimum Gasteiger partial charge on any atom is -0.346 e. The molecule has 2 heterocycles. The summed E-state index contributed by atoms with van der Waals surface area (Å²) in [4.78, 5) is 22.0. The van der Waals surface area contributed by atoms with Crippen LogP contribution in [0, 0.1) is 0 Å². The molecule has 1 amide bonds. The predicted octanol–water partition coefficient (Wildman–Crippen LogP) is 5.18. The van der Waals surface area contributed by atoms with Gasteiger partial charge in [0.1, 0.15) is 0 Å². The van der Waals surface area contributed by atoms with Gasteiger partial charge in [0.15, 0.2) is 0 Å². The lowest BCUT2D eigenvalue weighted by atomic mass is 10.0. The smallest absolute Gasteiger partial charge is 0.252 e. The maximum atomic E-state index is 13.0. The van der Waals surface area contributed by atoms with Gasteiger partial charge in [-0.2, -0.15) is 0 Å². The van der Waals surface area contributed by atoms with Crippen molar-refractivity contribution in [1.82, 2.24) is 15.3 Å². The van der Waals surface area contributed by atoms with Crippen molar-refractivity contribution in [2.24, 2.45) is 0 Å². The number of aryl methyl sites for hydroxylation is 1. The Labute approximate surface area is 170 Å². The normalized spacial score (nSPS) is 10.8. The zero-order valence-corrected chi connectivity index (χ0v) is 16.4. The molecule has 0 fully saturated rings. The van der Waals surface area contributed by atoms with Crippen LogP contribution in [0.3, 0.4) is 0 Å². The van der Waals surface area contributed by atoms with Crippen molar-refractivity contribution >= 4 is 16.8 Å². The fourth-order valence-corrected chi connectivity index (χ4v) is 3.41. The van der Waals surface area contributed by atoms with E-state index in [-0.39, 0.29) is 5.91 Å². The fourth-order valence-electron chi connectivity index (χ4n) is 3.41. The van der Waals surface area contributed by atoms with E-state index in [1.807, 2.05) is 48.5 Å². The van der Waals surface area contributed by atoms with Crippen LogP contribution in [0.15, 0.2) is 79.0 Å². The average Bonchev–Trinajstić information content (AvgIpc) is 2.78. The first-order valence-corrected chi connectivity index (χ1v) is 9.92. The van der Waals surface area contributed by atoms with Crippen LogP contribution in [0.2, 0.25) is 0 Å². The molecule has 0 unspecified atom stereocenters. The number of benzene rings is 2. The van der Waals surface area contributed by atoms with Gasteiger partial charge in [-0.05, 0) is 36.2 Å². The first kappa shape index (κ1) is 18.8. The molecule has 0 saturated carbocycles. The Morgan fingerprint density at radius 1 is 0.966 bits per heavy atom. The van der Waals surface area contributed by atoms with E-state index >= 15 is 0 Å². The number of hydrogen-bond acceptors (Lipinski definition) is 3. The third-order valence-corrected chi connectivity index (χ3v) is 4.91. The first-order valence-electron chi connectivity index (χ1n) is 9.92. The van der Waals surface area contributed by atoms with Crippen molar-refractivity contribution in [2.75, 3.05) is 0 Å². The molecule has 0 aliphatic heterocycles. The Hall–Kier alpha value is -3.53. The molecule has 0 bridgehead atoms. The van der Waals surface area contributed by atoms with Crippen LogP contribution in [0.1, 0.15) is 35.0 Å². The van der Waals surface area contributed by atoms with Gasteiger partial charge >= 0.3 is 0 Å². The van der Waals surface area contributed by atoms with E-state index in [9.17, 15) is 4.79 Å². The monoisotopic (exact) mass is 381 g/mol. The Morgan fingerprint density at radius 3 is 2.52 bits per heavy atom. The number of nitrogens with zero attached hydrogens (tertiary/aromatic N) is 2. The predicted molar refractivity (Wildman–Crippen MR) is 117 cm³/mol. The van der Waals surface area contributed by atoms with Crippen LogP contribution in [0.25, 0.3) is 22.2 Å². The minimum atomic E-state index is -0.127. The molecular formula is C25H23N3O. The van der Waals surface area contributed by atoms with Gasteiger partial charge in [0.25, 0.3) is 5.91 Å².